The smallest absolute Gasteiger partial charge is 0.271 e. The van der Waals surface area contributed by atoms with Gasteiger partial charge < -0.3 is 10.2 Å². The fourth-order valence-corrected chi connectivity index (χ4v) is 5.19. The van der Waals surface area contributed by atoms with Crippen LogP contribution in [0.1, 0.15) is 37.0 Å². The van der Waals surface area contributed by atoms with Crippen LogP contribution < -0.4 is 10.0 Å². The molecule has 27 heavy (non-hydrogen) atoms. The zero-order chi connectivity index (χ0) is 19.4. The molecule has 0 atom stereocenters. The zero-order valence-electron chi connectivity index (χ0n) is 15.5. The summed E-state index contributed by atoms with van der Waals surface area (Å²) in [7, 11) is -3.57. The van der Waals surface area contributed by atoms with E-state index in [1.807, 2.05) is 0 Å². The van der Waals surface area contributed by atoms with Crippen LogP contribution in [0.25, 0.3) is 0 Å². The first-order valence-electron chi connectivity index (χ1n) is 9.06. The normalized spacial score (nSPS) is 16.4. The lowest BCUT2D eigenvalue weighted by atomic mass is 10.0. The first-order valence-corrected chi connectivity index (χ1v) is 11.4. The molecule has 0 saturated carbocycles. The highest BCUT2D eigenvalue weighted by molar-refractivity contribution is 7.94. The summed E-state index contributed by atoms with van der Waals surface area (Å²) in [6, 6.07) is 10.5. The maximum atomic E-state index is 12.4. The lowest BCUT2D eigenvalue weighted by Gasteiger charge is -2.34. The summed E-state index contributed by atoms with van der Waals surface area (Å²) in [5.41, 5.74) is 0.963. The number of sulfonamides is 1. The largest absolute Gasteiger partial charge is 0.349 e. The summed E-state index contributed by atoms with van der Waals surface area (Å²) in [6.07, 6.45) is 1.89. The summed E-state index contributed by atoms with van der Waals surface area (Å²) < 4.78 is 27.3. The van der Waals surface area contributed by atoms with Crippen LogP contribution in [-0.4, -0.2) is 44.4 Å². The fraction of sp³-hybridized carbons (Fsp3) is 0.421. The molecular weight excluding hydrogens is 382 g/mol. The van der Waals surface area contributed by atoms with Crippen molar-refractivity contribution in [2.24, 2.45) is 0 Å². The number of hydrogen-bond acceptors (Lipinski definition) is 5. The molecular formula is C19H25N3O3S2. The molecule has 1 fully saturated rings. The Labute approximate surface area is 164 Å². The third-order valence-electron chi connectivity index (χ3n) is 4.75. The highest BCUT2D eigenvalue weighted by Crippen LogP contribution is 2.20. The number of nitrogens with zero attached hydrogens (tertiary/aromatic N) is 1. The number of rotatable bonds is 6. The van der Waals surface area contributed by atoms with Gasteiger partial charge in [-0.1, -0.05) is 6.07 Å². The van der Waals surface area contributed by atoms with Gasteiger partial charge in [-0.15, -0.1) is 11.3 Å². The Balaban J connectivity index is 1.56. The maximum absolute atomic E-state index is 12.4. The third kappa shape index (κ3) is 5.09. The van der Waals surface area contributed by atoms with Crippen molar-refractivity contribution in [2.45, 2.75) is 43.0 Å². The molecule has 0 bridgehead atoms. The lowest BCUT2D eigenvalue weighted by Crippen LogP contribution is -2.46. The van der Waals surface area contributed by atoms with Crippen LogP contribution in [0.2, 0.25) is 0 Å². The zero-order valence-corrected chi connectivity index (χ0v) is 17.1. The molecule has 6 nitrogen and oxygen atoms in total. The van der Waals surface area contributed by atoms with E-state index in [0.717, 1.165) is 37.3 Å². The molecule has 8 heteroatoms. The van der Waals surface area contributed by atoms with Crippen molar-refractivity contribution in [1.29, 1.82) is 0 Å². The Morgan fingerprint density at radius 1 is 1.15 bits per heavy atom. The Hall–Kier alpha value is -1.90. The average molecular weight is 408 g/mol. The molecule has 1 amide bonds. The van der Waals surface area contributed by atoms with Crippen molar-refractivity contribution in [1.82, 2.24) is 10.2 Å². The Morgan fingerprint density at radius 2 is 1.81 bits per heavy atom. The van der Waals surface area contributed by atoms with Gasteiger partial charge in [-0.2, -0.15) is 0 Å². The first-order chi connectivity index (χ1) is 12.8. The standard InChI is InChI=1S/C19H25N3O3S2/c1-14(2)22-11-9-16(10-12-22)20-19(23)15-5-7-17(8-6-15)21-27(24,25)18-4-3-13-26-18/h3-8,13-14,16,21H,9-12H2,1-2H3,(H,20,23). The second-order valence-electron chi connectivity index (χ2n) is 6.99. The van der Waals surface area contributed by atoms with Crippen molar-refractivity contribution in [3.63, 3.8) is 0 Å². The SMILES string of the molecule is CC(C)N1CCC(NC(=O)c2ccc(NS(=O)(=O)c3cccs3)cc2)CC1. The summed E-state index contributed by atoms with van der Waals surface area (Å²) in [6.45, 7) is 6.36. The van der Waals surface area contributed by atoms with Gasteiger partial charge in [-0.3, -0.25) is 9.52 Å². The van der Waals surface area contributed by atoms with Crippen LogP contribution in [-0.2, 0) is 10.0 Å². The van der Waals surface area contributed by atoms with E-state index in [1.165, 1.54) is 0 Å². The van der Waals surface area contributed by atoms with Gasteiger partial charge >= 0.3 is 0 Å². The van der Waals surface area contributed by atoms with E-state index in [1.54, 1.807) is 41.8 Å². The van der Waals surface area contributed by atoms with E-state index in [-0.39, 0.29) is 16.2 Å². The fourth-order valence-electron chi connectivity index (χ4n) is 3.14. The van der Waals surface area contributed by atoms with Crippen LogP contribution in [0.3, 0.4) is 0 Å². The Morgan fingerprint density at radius 3 is 2.37 bits per heavy atom. The highest BCUT2D eigenvalue weighted by Gasteiger charge is 2.22. The molecule has 1 aromatic carbocycles. The average Bonchev–Trinajstić information content (AvgIpc) is 3.18. The summed E-state index contributed by atoms with van der Waals surface area (Å²) in [5, 5.41) is 4.80. The number of carbonyl (C=O) groups excluding carboxylic acids is 1. The molecule has 2 heterocycles. The molecule has 2 N–H and O–H groups in total. The van der Waals surface area contributed by atoms with E-state index < -0.39 is 10.0 Å². The molecule has 3 rings (SSSR count). The van der Waals surface area contributed by atoms with Crippen LogP contribution in [0.15, 0.2) is 46.0 Å². The van der Waals surface area contributed by atoms with Crippen LogP contribution in [0, 0.1) is 0 Å². The minimum absolute atomic E-state index is 0.120. The molecule has 2 aromatic rings. The Kier molecular flexibility index (Phi) is 6.18. The molecule has 1 saturated heterocycles. The minimum atomic E-state index is -3.57. The summed E-state index contributed by atoms with van der Waals surface area (Å²) in [5.74, 6) is -0.120. The molecule has 146 valence electrons. The number of carbonyl (C=O) groups is 1. The number of benzene rings is 1. The number of hydrogen-bond donors (Lipinski definition) is 2. The summed E-state index contributed by atoms with van der Waals surface area (Å²) >= 11 is 1.16. The first kappa shape index (κ1) is 19.9. The molecule has 1 aromatic heterocycles. The number of piperidine rings is 1. The van der Waals surface area contributed by atoms with E-state index in [4.69, 9.17) is 0 Å². The van der Waals surface area contributed by atoms with E-state index >= 15 is 0 Å². The van der Waals surface area contributed by atoms with Crippen LogP contribution >= 0.6 is 11.3 Å². The second kappa shape index (κ2) is 8.41. The maximum Gasteiger partial charge on any atom is 0.271 e. The topological polar surface area (TPSA) is 78.5 Å². The number of anilines is 1. The van der Waals surface area contributed by atoms with Crippen molar-refractivity contribution < 1.29 is 13.2 Å². The number of nitrogens with one attached hydrogen (secondary N) is 2. The van der Waals surface area contributed by atoms with Gasteiger partial charge in [0.05, 0.1) is 0 Å². The van der Waals surface area contributed by atoms with E-state index in [9.17, 15) is 13.2 Å². The van der Waals surface area contributed by atoms with E-state index in [2.05, 4.69) is 28.8 Å². The predicted molar refractivity (Wildman–Crippen MR) is 109 cm³/mol. The monoisotopic (exact) mass is 407 g/mol. The molecule has 0 radical (unpaired) electrons. The van der Waals surface area contributed by atoms with Gasteiger partial charge in [-0.25, -0.2) is 8.42 Å². The highest BCUT2D eigenvalue weighted by atomic mass is 32.2. The van der Waals surface area contributed by atoms with Crippen molar-refractivity contribution in [3.05, 3.63) is 47.3 Å². The molecule has 0 unspecified atom stereocenters. The summed E-state index contributed by atoms with van der Waals surface area (Å²) in [4.78, 5) is 14.9. The van der Waals surface area contributed by atoms with Gasteiger partial charge in [0.2, 0.25) is 0 Å². The van der Waals surface area contributed by atoms with Gasteiger partial charge in [0.25, 0.3) is 15.9 Å². The quantitative estimate of drug-likeness (QED) is 0.771. The number of thiophene rings is 1. The molecule has 1 aliphatic rings. The lowest BCUT2D eigenvalue weighted by molar-refractivity contribution is 0.0900. The molecule has 0 aliphatic carbocycles. The minimum Gasteiger partial charge on any atom is -0.349 e. The van der Waals surface area contributed by atoms with Crippen LogP contribution in [0.4, 0.5) is 5.69 Å². The van der Waals surface area contributed by atoms with Gasteiger partial charge in [0, 0.05) is 36.4 Å². The third-order valence-corrected chi connectivity index (χ3v) is 7.53. The Bertz CT molecular complexity index is 854. The molecule has 1 aliphatic heterocycles. The van der Waals surface area contributed by atoms with E-state index in [0.29, 0.717) is 17.3 Å². The second-order valence-corrected chi connectivity index (χ2v) is 9.85. The molecule has 0 spiro atoms. The van der Waals surface area contributed by atoms with Crippen molar-refractivity contribution >= 4 is 33.0 Å². The van der Waals surface area contributed by atoms with Crippen molar-refractivity contribution in [3.8, 4) is 0 Å². The number of amides is 1. The predicted octanol–water partition coefficient (Wildman–Crippen LogP) is 3.15. The van der Waals surface area contributed by atoms with Gasteiger partial charge in [-0.05, 0) is 62.4 Å². The number of likely N-dealkylation sites (tertiary alicyclic amines) is 1. The van der Waals surface area contributed by atoms with Crippen LogP contribution in [0.5, 0.6) is 0 Å². The van der Waals surface area contributed by atoms with Gasteiger partial charge in [0.15, 0.2) is 0 Å². The van der Waals surface area contributed by atoms with Crippen molar-refractivity contribution in [2.75, 3.05) is 17.8 Å². The van der Waals surface area contributed by atoms with Gasteiger partial charge in [0.1, 0.15) is 4.21 Å².